The number of fused-ring (bicyclic) bond motifs is 2. The van der Waals surface area contributed by atoms with Crippen LogP contribution >= 0.6 is 11.3 Å². The van der Waals surface area contributed by atoms with Crippen molar-refractivity contribution in [3.8, 4) is 10.7 Å². The first-order valence-corrected chi connectivity index (χ1v) is 8.37. The van der Waals surface area contributed by atoms with Gasteiger partial charge in [-0.25, -0.2) is 14.4 Å². The molecule has 0 bridgehead atoms. The van der Waals surface area contributed by atoms with Gasteiger partial charge in [0.25, 0.3) is 0 Å². The normalized spacial score (nSPS) is 11.3. The van der Waals surface area contributed by atoms with Gasteiger partial charge in [-0.2, -0.15) is 0 Å². The molecule has 3 aromatic heterocycles. The molecule has 0 fully saturated rings. The van der Waals surface area contributed by atoms with Crippen molar-refractivity contribution in [1.29, 1.82) is 0 Å². The van der Waals surface area contributed by atoms with E-state index in [-0.39, 0.29) is 12.2 Å². The van der Waals surface area contributed by atoms with E-state index in [2.05, 4.69) is 15.3 Å². The number of alkyl halides is 1. The molecular weight excluding hydrogens is 346 g/mol. The van der Waals surface area contributed by atoms with E-state index in [4.69, 9.17) is 0 Å². The highest BCUT2D eigenvalue weighted by atomic mass is 32.1. The molecule has 1 aromatic carbocycles. The van der Waals surface area contributed by atoms with Crippen molar-refractivity contribution < 1.29 is 13.6 Å². The second-order valence-corrected chi connectivity index (χ2v) is 6.39. The number of pyridine rings is 1. The number of halogens is 2. The molecule has 0 aliphatic rings. The number of benzene rings is 1. The topological polar surface area (TPSA) is 59.3 Å². The molecular formula is C17H12F2N4OS. The molecule has 126 valence electrons. The molecule has 3 heterocycles. The fourth-order valence-corrected chi connectivity index (χ4v) is 3.57. The van der Waals surface area contributed by atoms with Crippen molar-refractivity contribution in [2.24, 2.45) is 0 Å². The lowest BCUT2D eigenvalue weighted by molar-refractivity contribution is -0.116. The molecule has 0 spiro atoms. The first-order chi connectivity index (χ1) is 12.2. The van der Waals surface area contributed by atoms with Gasteiger partial charge >= 0.3 is 0 Å². The lowest BCUT2D eigenvalue weighted by Gasteiger charge is -2.03. The second kappa shape index (κ2) is 6.21. The second-order valence-electron chi connectivity index (χ2n) is 5.36. The number of thiazole rings is 1. The van der Waals surface area contributed by atoms with Crippen molar-refractivity contribution in [3.63, 3.8) is 0 Å². The third-order valence-corrected chi connectivity index (χ3v) is 4.70. The van der Waals surface area contributed by atoms with Crippen LogP contribution in [-0.4, -0.2) is 27.0 Å². The molecule has 0 saturated heterocycles. The number of carbonyl (C=O) groups is 1. The molecule has 25 heavy (non-hydrogen) atoms. The maximum Gasteiger partial charge on any atom is 0.228 e. The van der Waals surface area contributed by atoms with Gasteiger partial charge in [0.05, 0.1) is 23.3 Å². The molecule has 4 aromatic rings. The summed E-state index contributed by atoms with van der Waals surface area (Å²) >= 11 is 1.41. The van der Waals surface area contributed by atoms with E-state index in [1.165, 1.54) is 34.1 Å². The van der Waals surface area contributed by atoms with E-state index < -0.39 is 18.4 Å². The quantitative estimate of drug-likeness (QED) is 0.599. The van der Waals surface area contributed by atoms with Crippen molar-refractivity contribution in [3.05, 3.63) is 48.4 Å². The summed E-state index contributed by atoms with van der Waals surface area (Å²) in [6, 6.07) is 10.4. The molecule has 0 saturated carbocycles. The number of rotatable bonds is 4. The fourth-order valence-electron chi connectivity index (χ4n) is 2.56. The van der Waals surface area contributed by atoms with E-state index in [0.29, 0.717) is 16.3 Å². The third kappa shape index (κ3) is 2.85. The summed E-state index contributed by atoms with van der Waals surface area (Å²) in [4.78, 5) is 20.7. The maximum atomic E-state index is 13.7. The van der Waals surface area contributed by atoms with Gasteiger partial charge in [-0.1, -0.05) is 12.1 Å². The highest BCUT2D eigenvalue weighted by Gasteiger charge is 2.20. The Morgan fingerprint density at radius 3 is 2.84 bits per heavy atom. The standard InChI is InChI=1S/C17H12F2N4OS/c18-8-7-14(24)22-16-15(23-9-10(19)5-6-13(23)21-16)17-20-11-3-1-2-4-12(11)25-17/h1-6,9H,7-8H2,(H,22,24). The van der Waals surface area contributed by atoms with Gasteiger partial charge in [-0.3, -0.25) is 13.6 Å². The number of hydrogen-bond donors (Lipinski definition) is 1. The van der Waals surface area contributed by atoms with E-state index in [1.54, 1.807) is 0 Å². The van der Waals surface area contributed by atoms with Gasteiger partial charge in [0, 0.05) is 6.20 Å². The number of anilines is 1. The van der Waals surface area contributed by atoms with Gasteiger partial charge < -0.3 is 5.32 Å². The number of para-hydroxylation sites is 1. The van der Waals surface area contributed by atoms with Gasteiger partial charge in [-0.05, 0) is 24.3 Å². The number of aromatic nitrogens is 3. The summed E-state index contributed by atoms with van der Waals surface area (Å²) in [7, 11) is 0. The van der Waals surface area contributed by atoms with Gasteiger partial charge in [0.15, 0.2) is 5.82 Å². The lowest BCUT2D eigenvalue weighted by Crippen LogP contribution is -2.12. The van der Waals surface area contributed by atoms with E-state index in [1.807, 2.05) is 24.3 Å². The summed E-state index contributed by atoms with van der Waals surface area (Å²) in [5.74, 6) is -0.689. The average Bonchev–Trinajstić information content (AvgIpc) is 3.15. The Labute approximate surface area is 145 Å². The molecule has 0 unspecified atom stereocenters. The summed E-state index contributed by atoms with van der Waals surface area (Å²) < 4.78 is 28.6. The van der Waals surface area contributed by atoms with Crippen molar-refractivity contribution in [1.82, 2.24) is 14.4 Å². The average molecular weight is 358 g/mol. The van der Waals surface area contributed by atoms with Crippen LogP contribution in [-0.2, 0) is 4.79 Å². The first-order valence-electron chi connectivity index (χ1n) is 7.55. The van der Waals surface area contributed by atoms with E-state index >= 15 is 0 Å². The Morgan fingerprint density at radius 1 is 1.20 bits per heavy atom. The van der Waals surface area contributed by atoms with Crippen LogP contribution in [0, 0.1) is 5.82 Å². The van der Waals surface area contributed by atoms with Crippen LogP contribution in [0.3, 0.4) is 0 Å². The van der Waals surface area contributed by atoms with Crippen molar-refractivity contribution in [2.45, 2.75) is 6.42 Å². The number of nitrogens with one attached hydrogen (secondary N) is 1. The highest BCUT2D eigenvalue weighted by molar-refractivity contribution is 7.21. The summed E-state index contributed by atoms with van der Waals surface area (Å²) in [5.41, 5.74) is 1.74. The Kier molecular flexibility index (Phi) is 3.89. The van der Waals surface area contributed by atoms with Gasteiger partial charge in [0.1, 0.15) is 22.2 Å². The van der Waals surface area contributed by atoms with Crippen molar-refractivity contribution >= 4 is 38.9 Å². The minimum absolute atomic E-state index is 0.239. The molecule has 4 rings (SSSR count). The zero-order valence-electron chi connectivity index (χ0n) is 12.9. The number of carbonyl (C=O) groups excluding carboxylic acids is 1. The summed E-state index contributed by atoms with van der Waals surface area (Å²) in [6.45, 7) is -0.760. The predicted molar refractivity (Wildman–Crippen MR) is 93.0 cm³/mol. The van der Waals surface area contributed by atoms with Crippen molar-refractivity contribution in [2.75, 3.05) is 12.0 Å². The molecule has 5 nitrogen and oxygen atoms in total. The first kappa shape index (κ1) is 15.6. The smallest absolute Gasteiger partial charge is 0.228 e. The third-order valence-electron chi connectivity index (χ3n) is 3.66. The van der Waals surface area contributed by atoms with Crippen LogP contribution in [0.5, 0.6) is 0 Å². The Hall–Kier alpha value is -2.87. The zero-order valence-corrected chi connectivity index (χ0v) is 13.7. The number of nitrogens with zero attached hydrogens (tertiary/aromatic N) is 3. The van der Waals surface area contributed by atoms with Crippen LogP contribution in [0.25, 0.3) is 26.6 Å². The monoisotopic (exact) mass is 358 g/mol. The van der Waals surface area contributed by atoms with Crippen LogP contribution in [0.4, 0.5) is 14.6 Å². The Balaban J connectivity index is 1.92. The van der Waals surface area contributed by atoms with E-state index in [0.717, 1.165) is 10.2 Å². The zero-order chi connectivity index (χ0) is 17.4. The van der Waals surface area contributed by atoms with Crippen LogP contribution in [0.2, 0.25) is 0 Å². The van der Waals surface area contributed by atoms with Crippen LogP contribution in [0.1, 0.15) is 6.42 Å². The Morgan fingerprint density at radius 2 is 2.04 bits per heavy atom. The molecule has 1 amide bonds. The summed E-state index contributed by atoms with van der Waals surface area (Å²) in [6.07, 6.45) is 1.02. The van der Waals surface area contributed by atoms with Gasteiger partial charge in [-0.15, -0.1) is 11.3 Å². The highest BCUT2D eigenvalue weighted by Crippen LogP contribution is 2.35. The SMILES string of the molecule is O=C(CCF)Nc1nc2ccc(F)cn2c1-c1nc2ccccc2s1. The predicted octanol–water partition coefficient (Wildman–Crippen LogP) is 4.05. The van der Waals surface area contributed by atoms with Crippen LogP contribution < -0.4 is 5.32 Å². The molecule has 0 aliphatic carbocycles. The van der Waals surface area contributed by atoms with Gasteiger partial charge in [0.2, 0.25) is 5.91 Å². The maximum absolute atomic E-state index is 13.7. The fraction of sp³-hybridized carbons (Fsp3) is 0.118. The molecule has 0 radical (unpaired) electrons. The molecule has 0 atom stereocenters. The van der Waals surface area contributed by atoms with Crippen LogP contribution in [0.15, 0.2) is 42.6 Å². The molecule has 8 heteroatoms. The largest absolute Gasteiger partial charge is 0.309 e. The lowest BCUT2D eigenvalue weighted by atomic mass is 10.3. The van der Waals surface area contributed by atoms with E-state index in [9.17, 15) is 13.6 Å². The minimum atomic E-state index is -0.760. The minimum Gasteiger partial charge on any atom is -0.309 e. The Bertz CT molecular complexity index is 1060. The number of amides is 1. The molecule has 0 aliphatic heterocycles. The number of imidazole rings is 1. The molecule has 1 N–H and O–H groups in total. The number of hydrogen-bond acceptors (Lipinski definition) is 4. The summed E-state index contributed by atoms with van der Waals surface area (Å²) in [5, 5.41) is 3.19.